The molecule has 1 saturated heterocycles. The Kier molecular flexibility index (Phi) is 5.13. The topological polar surface area (TPSA) is 70.0 Å². The van der Waals surface area contributed by atoms with E-state index in [1.54, 1.807) is 4.90 Å². The van der Waals surface area contributed by atoms with Crippen LogP contribution >= 0.6 is 0 Å². The van der Waals surface area contributed by atoms with Crippen molar-refractivity contribution in [3.63, 3.8) is 0 Å². The van der Waals surface area contributed by atoms with Crippen molar-refractivity contribution < 1.29 is 19.7 Å². The Morgan fingerprint density at radius 1 is 1.50 bits per heavy atom. The predicted octanol–water partition coefficient (Wildman–Crippen LogP) is 0.739. The first kappa shape index (κ1) is 15.4. The number of likely N-dealkylation sites (tertiary alicyclic amines) is 1. The lowest BCUT2D eigenvalue weighted by Gasteiger charge is -2.38. The minimum atomic E-state index is -1.02. The molecule has 0 aromatic heterocycles. The highest BCUT2D eigenvalue weighted by atomic mass is 16.5. The molecule has 0 aromatic carbocycles. The highest BCUT2D eigenvalue weighted by molar-refractivity contribution is 5.76. The van der Waals surface area contributed by atoms with Gasteiger partial charge in [0.2, 0.25) is 0 Å². The van der Waals surface area contributed by atoms with Gasteiger partial charge in [0.1, 0.15) is 12.3 Å². The molecule has 2 N–H and O–H groups in total. The number of esters is 1. The lowest BCUT2D eigenvalue weighted by molar-refractivity contribution is -0.161. The van der Waals surface area contributed by atoms with Gasteiger partial charge >= 0.3 is 5.97 Å². The fourth-order valence-electron chi connectivity index (χ4n) is 2.29. The normalized spacial score (nSPS) is 24.9. The second-order valence-electron chi connectivity index (χ2n) is 5.62. The molecule has 0 saturated carbocycles. The van der Waals surface area contributed by atoms with Crippen molar-refractivity contribution in [2.45, 2.75) is 58.4 Å². The van der Waals surface area contributed by atoms with Crippen molar-refractivity contribution in [1.29, 1.82) is 0 Å². The van der Waals surface area contributed by atoms with Gasteiger partial charge in [-0.25, -0.2) is 0 Å². The predicted molar refractivity (Wildman–Crippen MR) is 67.8 cm³/mol. The van der Waals surface area contributed by atoms with Crippen LogP contribution < -0.4 is 0 Å². The zero-order valence-electron chi connectivity index (χ0n) is 11.7. The van der Waals surface area contributed by atoms with E-state index >= 15 is 0 Å². The molecule has 5 heteroatoms. The van der Waals surface area contributed by atoms with E-state index in [1.807, 2.05) is 20.8 Å². The Hall–Kier alpha value is -0.650. The zero-order chi connectivity index (χ0) is 13.9. The van der Waals surface area contributed by atoms with Gasteiger partial charge in [0, 0.05) is 6.54 Å². The van der Waals surface area contributed by atoms with Crippen LogP contribution in [-0.2, 0) is 9.53 Å². The van der Waals surface area contributed by atoms with Crippen LogP contribution in [0.4, 0.5) is 0 Å². The SMILES string of the molecule is CCC(C)(C)[C@H](O)[C@H](O)N1CCCC1C(=O)OC. The molecule has 5 nitrogen and oxygen atoms in total. The minimum absolute atomic E-state index is 0.340. The van der Waals surface area contributed by atoms with Gasteiger partial charge in [-0.15, -0.1) is 0 Å². The second kappa shape index (κ2) is 5.99. The Balaban J connectivity index is 2.76. The Labute approximate surface area is 109 Å². The van der Waals surface area contributed by atoms with Gasteiger partial charge in [-0.3, -0.25) is 9.69 Å². The van der Waals surface area contributed by atoms with Gasteiger partial charge in [0.05, 0.1) is 13.2 Å². The number of hydrogen-bond donors (Lipinski definition) is 2. The maximum absolute atomic E-state index is 11.6. The average molecular weight is 259 g/mol. The zero-order valence-corrected chi connectivity index (χ0v) is 11.7. The van der Waals surface area contributed by atoms with E-state index in [1.165, 1.54) is 7.11 Å². The van der Waals surface area contributed by atoms with Gasteiger partial charge < -0.3 is 14.9 Å². The number of aliphatic hydroxyl groups is 2. The number of hydrogen-bond acceptors (Lipinski definition) is 5. The molecule has 1 aliphatic heterocycles. The van der Waals surface area contributed by atoms with Crippen LogP contribution in [0, 0.1) is 5.41 Å². The van der Waals surface area contributed by atoms with Crippen molar-refractivity contribution in [1.82, 2.24) is 4.90 Å². The summed E-state index contributed by atoms with van der Waals surface area (Å²) in [4.78, 5) is 13.3. The molecule has 0 amide bonds. The van der Waals surface area contributed by atoms with Crippen molar-refractivity contribution >= 4 is 5.97 Å². The van der Waals surface area contributed by atoms with E-state index in [-0.39, 0.29) is 11.4 Å². The summed E-state index contributed by atoms with van der Waals surface area (Å²) < 4.78 is 4.73. The standard InChI is InChI=1S/C13H25NO4/c1-5-13(2,3)10(15)11(16)14-8-6-7-9(14)12(17)18-4/h9-11,15-16H,5-8H2,1-4H3/t9?,10-,11+/m1/s1. The molecule has 1 rings (SSSR count). The molecule has 0 bridgehead atoms. The van der Waals surface area contributed by atoms with Gasteiger partial charge in [-0.05, 0) is 24.7 Å². The van der Waals surface area contributed by atoms with Crippen molar-refractivity contribution in [2.24, 2.45) is 5.41 Å². The molecular weight excluding hydrogens is 234 g/mol. The molecule has 0 aromatic rings. The summed E-state index contributed by atoms with van der Waals surface area (Å²) in [5.41, 5.74) is -0.386. The van der Waals surface area contributed by atoms with Crippen LogP contribution in [0.3, 0.4) is 0 Å². The smallest absolute Gasteiger partial charge is 0.323 e. The lowest BCUT2D eigenvalue weighted by atomic mass is 9.82. The first-order chi connectivity index (χ1) is 8.35. The highest BCUT2D eigenvalue weighted by Gasteiger charge is 2.42. The third-order valence-corrected chi connectivity index (χ3v) is 4.10. The summed E-state index contributed by atoms with van der Waals surface area (Å²) in [6.45, 7) is 6.39. The summed E-state index contributed by atoms with van der Waals surface area (Å²) in [5, 5.41) is 20.5. The molecule has 0 aliphatic carbocycles. The molecule has 1 unspecified atom stereocenters. The Morgan fingerprint density at radius 2 is 2.11 bits per heavy atom. The molecule has 3 atom stereocenters. The second-order valence-corrected chi connectivity index (χ2v) is 5.62. The number of rotatable bonds is 5. The average Bonchev–Trinajstić information content (AvgIpc) is 2.85. The largest absolute Gasteiger partial charge is 0.468 e. The van der Waals surface area contributed by atoms with Gasteiger partial charge in [0.25, 0.3) is 0 Å². The van der Waals surface area contributed by atoms with Gasteiger partial charge in [-0.2, -0.15) is 0 Å². The van der Waals surface area contributed by atoms with Crippen LogP contribution in [-0.4, -0.2) is 53.1 Å². The van der Waals surface area contributed by atoms with E-state index in [2.05, 4.69) is 0 Å². The van der Waals surface area contributed by atoms with Crippen molar-refractivity contribution in [3.8, 4) is 0 Å². The molecule has 18 heavy (non-hydrogen) atoms. The molecular formula is C13H25NO4. The number of aliphatic hydroxyl groups excluding tert-OH is 2. The van der Waals surface area contributed by atoms with Crippen LogP contribution in [0.1, 0.15) is 40.0 Å². The fourth-order valence-corrected chi connectivity index (χ4v) is 2.29. The summed E-state index contributed by atoms with van der Waals surface area (Å²) in [5.74, 6) is -0.340. The van der Waals surface area contributed by atoms with E-state index in [0.29, 0.717) is 13.0 Å². The number of carbonyl (C=O) groups is 1. The third-order valence-electron chi connectivity index (χ3n) is 4.10. The molecule has 0 radical (unpaired) electrons. The van der Waals surface area contributed by atoms with Crippen LogP contribution in [0.5, 0.6) is 0 Å². The monoisotopic (exact) mass is 259 g/mol. The first-order valence-corrected chi connectivity index (χ1v) is 6.55. The summed E-state index contributed by atoms with van der Waals surface area (Å²) in [6.07, 6.45) is 0.348. The minimum Gasteiger partial charge on any atom is -0.468 e. The first-order valence-electron chi connectivity index (χ1n) is 6.55. The van der Waals surface area contributed by atoms with E-state index in [9.17, 15) is 15.0 Å². The third kappa shape index (κ3) is 3.02. The number of methoxy groups -OCH3 is 1. The fraction of sp³-hybridized carbons (Fsp3) is 0.923. The van der Waals surface area contributed by atoms with Gasteiger partial charge in [-0.1, -0.05) is 20.8 Å². The van der Waals surface area contributed by atoms with E-state index in [0.717, 1.165) is 12.8 Å². The van der Waals surface area contributed by atoms with Gasteiger partial charge in [0.15, 0.2) is 0 Å². The molecule has 1 heterocycles. The molecule has 106 valence electrons. The van der Waals surface area contributed by atoms with Crippen LogP contribution in [0.2, 0.25) is 0 Å². The van der Waals surface area contributed by atoms with Crippen LogP contribution in [0.25, 0.3) is 0 Å². The van der Waals surface area contributed by atoms with E-state index < -0.39 is 18.4 Å². The maximum Gasteiger partial charge on any atom is 0.323 e. The number of carbonyl (C=O) groups excluding carboxylic acids is 1. The maximum atomic E-state index is 11.6. The molecule has 0 spiro atoms. The lowest BCUT2D eigenvalue weighted by Crippen LogP contribution is -2.53. The number of nitrogens with zero attached hydrogens (tertiary/aromatic N) is 1. The number of ether oxygens (including phenoxy) is 1. The summed E-state index contributed by atoms with van der Waals surface area (Å²) >= 11 is 0. The summed E-state index contributed by atoms with van der Waals surface area (Å²) in [6, 6.07) is -0.438. The molecule has 1 aliphatic rings. The highest BCUT2D eigenvalue weighted by Crippen LogP contribution is 2.31. The molecule has 1 fully saturated rings. The Bertz CT molecular complexity index is 293. The van der Waals surface area contributed by atoms with Crippen molar-refractivity contribution in [2.75, 3.05) is 13.7 Å². The van der Waals surface area contributed by atoms with Crippen LogP contribution in [0.15, 0.2) is 0 Å². The van der Waals surface area contributed by atoms with Crippen molar-refractivity contribution in [3.05, 3.63) is 0 Å². The van der Waals surface area contributed by atoms with E-state index in [4.69, 9.17) is 4.74 Å². The summed E-state index contributed by atoms with van der Waals surface area (Å²) in [7, 11) is 1.34. The Morgan fingerprint density at radius 3 is 2.61 bits per heavy atom. The quantitative estimate of drug-likeness (QED) is 0.713.